The Morgan fingerprint density at radius 3 is 2.80 bits per heavy atom. The fourth-order valence-corrected chi connectivity index (χ4v) is 4.71. The predicted molar refractivity (Wildman–Crippen MR) is 130 cm³/mol. The molecule has 2 aliphatic heterocycles. The average Bonchev–Trinajstić information content (AvgIpc) is 3.48. The summed E-state index contributed by atoms with van der Waals surface area (Å²) in [5.74, 6) is -0.295. The summed E-state index contributed by atoms with van der Waals surface area (Å²) < 4.78 is 9.02. The van der Waals surface area contributed by atoms with E-state index < -0.39 is 6.10 Å². The van der Waals surface area contributed by atoms with Gasteiger partial charge in [0.1, 0.15) is 11.3 Å². The molecule has 0 saturated carbocycles. The molecule has 3 aromatic heterocycles. The van der Waals surface area contributed by atoms with Gasteiger partial charge in [0.15, 0.2) is 0 Å². The molecule has 4 aromatic rings. The first kappa shape index (κ1) is 22.0. The van der Waals surface area contributed by atoms with Crippen LogP contribution >= 0.6 is 0 Å². The zero-order chi connectivity index (χ0) is 23.8. The van der Waals surface area contributed by atoms with E-state index in [1.54, 1.807) is 6.20 Å². The van der Waals surface area contributed by atoms with Crippen LogP contribution in [0.25, 0.3) is 16.8 Å². The molecular formula is C26H28N6O3. The fourth-order valence-electron chi connectivity index (χ4n) is 4.71. The highest BCUT2D eigenvalue weighted by molar-refractivity contribution is 5.92. The number of aliphatic hydroxyl groups is 1. The Labute approximate surface area is 203 Å². The van der Waals surface area contributed by atoms with Crippen molar-refractivity contribution in [3.8, 4) is 11.1 Å². The van der Waals surface area contributed by atoms with Gasteiger partial charge < -0.3 is 19.6 Å². The van der Waals surface area contributed by atoms with E-state index >= 15 is 0 Å². The van der Waals surface area contributed by atoms with Crippen molar-refractivity contribution in [2.75, 3.05) is 32.8 Å². The number of hydrogen-bond acceptors (Lipinski definition) is 6. The van der Waals surface area contributed by atoms with Crippen LogP contribution in [0.5, 0.6) is 0 Å². The first-order valence-electron chi connectivity index (χ1n) is 12.0. The summed E-state index contributed by atoms with van der Waals surface area (Å²) in [4.78, 5) is 19.4. The van der Waals surface area contributed by atoms with Gasteiger partial charge in [-0.25, -0.2) is 4.98 Å². The van der Waals surface area contributed by atoms with Crippen molar-refractivity contribution in [3.63, 3.8) is 0 Å². The van der Waals surface area contributed by atoms with Crippen LogP contribution in [0.2, 0.25) is 0 Å². The highest BCUT2D eigenvalue weighted by Gasteiger charge is 2.22. The molecule has 1 saturated heterocycles. The number of fused-ring (bicyclic) bond motifs is 2. The van der Waals surface area contributed by atoms with Crippen molar-refractivity contribution in [1.82, 2.24) is 29.4 Å². The van der Waals surface area contributed by atoms with Crippen molar-refractivity contribution >= 4 is 11.6 Å². The minimum absolute atomic E-state index is 0.181. The summed E-state index contributed by atoms with van der Waals surface area (Å²) in [5, 5.41) is 17.8. The minimum Gasteiger partial charge on any atom is -0.390 e. The number of aliphatic hydroxyl groups excluding tert-OH is 1. The molecule has 0 radical (unpaired) electrons. The van der Waals surface area contributed by atoms with Crippen LogP contribution in [0.4, 0.5) is 0 Å². The Kier molecular flexibility index (Phi) is 5.81. The standard InChI is InChI=1S/C26H28N6O3/c33-23(14-30-8-7-18-3-1-2-4-19(18)11-30)10-27-26(34)24-15-31-12-20(5-6-25(31)29-24)21-9-28-32(13-21)22-16-35-17-22/h1-6,9,12-13,15,22-23,33H,7-8,10-11,14,16-17H2,(H,27,34)/t23-/m0/s1. The minimum atomic E-state index is -0.648. The van der Waals surface area contributed by atoms with Gasteiger partial charge in [-0.05, 0) is 29.7 Å². The Morgan fingerprint density at radius 2 is 1.97 bits per heavy atom. The largest absolute Gasteiger partial charge is 0.390 e. The lowest BCUT2D eigenvalue weighted by Gasteiger charge is -2.30. The van der Waals surface area contributed by atoms with E-state index in [1.165, 1.54) is 11.1 Å². The zero-order valence-corrected chi connectivity index (χ0v) is 19.4. The first-order valence-corrected chi connectivity index (χ1v) is 12.0. The predicted octanol–water partition coefficient (Wildman–Crippen LogP) is 1.92. The van der Waals surface area contributed by atoms with Gasteiger partial charge in [0.05, 0.1) is 31.6 Å². The Balaban J connectivity index is 1.06. The zero-order valence-electron chi connectivity index (χ0n) is 19.4. The van der Waals surface area contributed by atoms with Crippen LogP contribution in [-0.2, 0) is 17.7 Å². The molecule has 0 aliphatic carbocycles. The van der Waals surface area contributed by atoms with Gasteiger partial charge in [-0.15, -0.1) is 0 Å². The molecule has 9 heteroatoms. The van der Waals surface area contributed by atoms with Gasteiger partial charge in [0.2, 0.25) is 0 Å². The van der Waals surface area contributed by atoms with E-state index in [-0.39, 0.29) is 12.5 Å². The molecule has 2 aliphatic rings. The molecule has 0 spiro atoms. The topological polar surface area (TPSA) is 96.9 Å². The molecule has 0 bridgehead atoms. The van der Waals surface area contributed by atoms with Crippen molar-refractivity contribution in [1.29, 1.82) is 0 Å². The normalized spacial score (nSPS) is 17.2. The number of imidazole rings is 1. The number of carbonyl (C=O) groups excluding carboxylic acids is 1. The number of rotatable bonds is 7. The van der Waals surface area contributed by atoms with E-state index in [4.69, 9.17) is 4.74 Å². The lowest BCUT2D eigenvalue weighted by molar-refractivity contribution is -0.0286. The first-order chi connectivity index (χ1) is 17.1. The van der Waals surface area contributed by atoms with E-state index in [0.29, 0.717) is 37.1 Å². The quantitative estimate of drug-likeness (QED) is 0.427. The number of amides is 1. The summed E-state index contributed by atoms with van der Waals surface area (Å²) >= 11 is 0. The summed E-state index contributed by atoms with van der Waals surface area (Å²) in [6.07, 6.45) is 7.85. The van der Waals surface area contributed by atoms with Crippen molar-refractivity contribution in [2.24, 2.45) is 0 Å². The summed E-state index contributed by atoms with van der Waals surface area (Å²) in [7, 11) is 0. The molecule has 9 nitrogen and oxygen atoms in total. The average molecular weight is 473 g/mol. The number of aromatic nitrogens is 4. The van der Waals surface area contributed by atoms with Gasteiger partial charge in [-0.3, -0.25) is 14.4 Å². The third kappa shape index (κ3) is 4.58. The number of benzene rings is 1. The van der Waals surface area contributed by atoms with E-state index in [9.17, 15) is 9.90 Å². The molecule has 1 amide bonds. The van der Waals surface area contributed by atoms with Crippen molar-refractivity contribution < 1.29 is 14.6 Å². The van der Waals surface area contributed by atoms with Crippen LogP contribution in [0, 0.1) is 0 Å². The Morgan fingerprint density at radius 1 is 1.11 bits per heavy atom. The number of nitrogens with zero attached hydrogens (tertiary/aromatic N) is 5. The Bertz CT molecular complexity index is 1360. The van der Waals surface area contributed by atoms with Crippen LogP contribution in [0.1, 0.15) is 27.7 Å². The van der Waals surface area contributed by atoms with Crippen molar-refractivity contribution in [3.05, 3.63) is 78.0 Å². The number of pyridine rings is 1. The summed E-state index contributed by atoms with van der Waals surface area (Å²) in [5.41, 5.74) is 5.69. The maximum atomic E-state index is 12.7. The molecule has 6 rings (SSSR count). The number of hydrogen-bond donors (Lipinski definition) is 2. The second-order valence-corrected chi connectivity index (χ2v) is 9.33. The molecule has 180 valence electrons. The number of ether oxygens (including phenoxy) is 1. The lowest BCUT2D eigenvalue weighted by atomic mass is 10.00. The monoisotopic (exact) mass is 472 g/mol. The van der Waals surface area contributed by atoms with Crippen LogP contribution in [-0.4, -0.2) is 74.0 Å². The summed E-state index contributed by atoms with van der Waals surface area (Å²) in [6, 6.07) is 12.6. The van der Waals surface area contributed by atoms with Crippen LogP contribution in [0.15, 0.2) is 61.2 Å². The van der Waals surface area contributed by atoms with Gasteiger partial charge in [-0.2, -0.15) is 5.10 Å². The fraction of sp³-hybridized carbons (Fsp3) is 0.346. The Hall–Kier alpha value is -3.53. The second-order valence-electron chi connectivity index (χ2n) is 9.33. The van der Waals surface area contributed by atoms with E-state index in [0.717, 1.165) is 30.6 Å². The molecule has 1 fully saturated rings. The van der Waals surface area contributed by atoms with Gasteiger partial charge >= 0.3 is 0 Å². The maximum absolute atomic E-state index is 12.7. The molecule has 2 N–H and O–H groups in total. The summed E-state index contributed by atoms with van der Waals surface area (Å²) in [6.45, 7) is 3.82. The highest BCUT2D eigenvalue weighted by Crippen LogP contribution is 2.23. The maximum Gasteiger partial charge on any atom is 0.271 e. The van der Waals surface area contributed by atoms with Gasteiger partial charge in [0, 0.05) is 55.9 Å². The molecule has 0 unspecified atom stereocenters. The van der Waals surface area contributed by atoms with Crippen LogP contribution in [0.3, 0.4) is 0 Å². The van der Waals surface area contributed by atoms with Gasteiger partial charge in [0.25, 0.3) is 5.91 Å². The molecular weight excluding hydrogens is 444 g/mol. The SMILES string of the molecule is O=C(NC[C@H](O)CN1CCc2ccccc2C1)c1cn2cc(-c3cnn(C4COC4)c3)ccc2n1. The van der Waals surface area contributed by atoms with E-state index in [2.05, 4.69) is 44.6 Å². The van der Waals surface area contributed by atoms with Gasteiger partial charge in [-0.1, -0.05) is 24.3 Å². The van der Waals surface area contributed by atoms with Crippen molar-refractivity contribution in [2.45, 2.75) is 25.1 Å². The number of carbonyl (C=O) groups is 1. The third-order valence-electron chi connectivity index (χ3n) is 6.79. The molecule has 1 atom stereocenters. The highest BCUT2D eigenvalue weighted by atomic mass is 16.5. The molecule has 5 heterocycles. The number of nitrogens with one attached hydrogen (secondary N) is 1. The smallest absolute Gasteiger partial charge is 0.271 e. The number of β-amino-alcohol motifs (C(OH)–C–C–N with tert-alkyl or cyclic N) is 1. The lowest BCUT2D eigenvalue weighted by Crippen LogP contribution is -2.42. The molecule has 35 heavy (non-hydrogen) atoms. The third-order valence-corrected chi connectivity index (χ3v) is 6.79. The van der Waals surface area contributed by atoms with Crippen LogP contribution < -0.4 is 5.32 Å². The molecule has 1 aromatic carbocycles. The second kappa shape index (κ2) is 9.26. The van der Waals surface area contributed by atoms with E-state index in [1.807, 2.05) is 39.8 Å².